The van der Waals surface area contributed by atoms with Crippen LogP contribution >= 0.6 is 0 Å². The number of carbonyl (C=O) groups excluding carboxylic acids is 1. The van der Waals surface area contributed by atoms with Gasteiger partial charge in [-0.25, -0.2) is 0 Å². The summed E-state index contributed by atoms with van der Waals surface area (Å²) in [5.41, 5.74) is 0. The van der Waals surface area contributed by atoms with E-state index in [2.05, 4.69) is 0 Å². The molecule has 0 aromatic heterocycles. The summed E-state index contributed by atoms with van der Waals surface area (Å²) in [6.07, 6.45) is 4.76. The molecule has 0 atom stereocenters. The highest BCUT2D eigenvalue weighted by atomic mass is 16.5. The number of methoxy groups -OCH3 is 1. The van der Waals surface area contributed by atoms with E-state index >= 15 is 0 Å². The van der Waals surface area contributed by atoms with Crippen LogP contribution in [0.5, 0.6) is 11.5 Å². The van der Waals surface area contributed by atoms with Gasteiger partial charge in [-0.3, -0.25) is 9.69 Å². The maximum atomic E-state index is 12.3. The van der Waals surface area contributed by atoms with Crippen molar-refractivity contribution >= 4 is 5.91 Å². The second-order valence-electron chi connectivity index (χ2n) is 6.06. The molecule has 1 aliphatic rings. The van der Waals surface area contributed by atoms with Gasteiger partial charge in [0.1, 0.15) is 18.1 Å². The van der Waals surface area contributed by atoms with E-state index in [4.69, 9.17) is 9.47 Å². The van der Waals surface area contributed by atoms with Crippen molar-refractivity contribution in [1.82, 2.24) is 9.80 Å². The molecule has 0 N–H and O–H groups in total. The third-order valence-corrected chi connectivity index (χ3v) is 4.17. The van der Waals surface area contributed by atoms with Crippen molar-refractivity contribution in [2.24, 2.45) is 0 Å². The van der Waals surface area contributed by atoms with Crippen LogP contribution in [0.1, 0.15) is 25.7 Å². The Bertz CT molecular complexity index is 468. The molecule has 0 saturated carbocycles. The van der Waals surface area contributed by atoms with Crippen LogP contribution in [0.4, 0.5) is 0 Å². The smallest absolute Gasteiger partial charge is 0.236 e. The van der Waals surface area contributed by atoms with Crippen molar-refractivity contribution in [3.8, 4) is 11.5 Å². The molecular formula is C18H28N2O3. The average Bonchev–Trinajstić information content (AvgIpc) is 2.85. The topological polar surface area (TPSA) is 42.0 Å². The van der Waals surface area contributed by atoms with Crippen LogP contribution in [-0.4, -0.2) is 62.7 Å². The number of carbonyl (C=O) groups is 1. The zero-order valence-electron chi connectivity index (χ0n) is 14.3. The van der Waals surface area contributed by atoms with Crippen molar-refractivity contribution < 1.29 is 14.3 Å². The molecule has 0 bridgehead atoms. The summed E-state index contributed by atoms with van der Waals surface area (Å²) >= 11 is 0. The first-order valence-corrected chi connectivity index (χ1v) is 8.42. The molecule has 1 aromatic carbocycles. The van der Waals surface area contributed by atoms with Crippen molar-refractivity contribution in [3.05, 3.63) is 24.3 Å². The molecule has 0 aliphatic carbocycles. The van der Waals surface area contributed by atoms with Crippen LogP contribution in [0, 0.1) is 0 Å². The lowest BCUT2D eigenvalue weighted by Gasteiger charge is -2.24. The Kier molecular flexibility index (Phi) is 7.20. The van der Waals surface area contributed by atoms with Gasteiger partial charge in [-0.2, -0.15) is 0 Å². The summed E-state index contributed by atoms with van der Waals surface area (Å²) in [4.78, 5) is 16.3. The number of rotatable bonds is 7. The van der Waals surface area contributed by atoms with Crippen LogP contribution in [0.2, 0.25) is 0 Å². The van der Waals surface area contributed by atoms with Gasteiger partial charge in [0, 0.05) is 19.6 Å². The fourth-order valence-corrected chi connectivity index (χ4v) is 2.72. The van der Waals surface area contributed by atoms with Gasteiger partial charge in [0.2, 0.25) is 5.91 Å². The zero-order chi connectivity index (χ0) is 16.5. The summed E-state index contributed by atoms with van der Waals surface area (Å²) < 4.78 is 10.8. The fourth-order valence-electron chi connectivity index (χ4n) is 2.72. The molecule has 1 heterocycles. The number of hydrogen-bond donors (Lipinski definition) is 0. The molecule has 1 aromatic rings. The minimum atomic E-state index is 0.235. The number of amides is 1. The van der Waals surface area contributed by atoms with Crippen molar-refractivity contribution in [1.29, 1.82) is 0 Å². The number of benzene rings is 1. The Labute approximate surface area is 139 Å². The molecular weight excluding hydrogens is 292 g/mol. The number of ether oxygens (including phenoxy) is 2. The predicted octanol–water partition coefficient (Wildman–Crippen LogP) is 2.41. The van der Waals surface area contributed by atoms with Gasteiger partial charge in [0.05, 0.1) is 13.7 Å². The van der Waals surface area contributed by atoms with E-state index in [0.717, 1.165) is 44.0 Å². The van der Waals surface area contributed by atoms with Gasteiger partial charge >= 0.3 is 0 Å². The normalized spacial score (nSPS) is 15.3. The van der Waals surface area contributed by atoms with Gasteiger partial charge in [0.25, 0.3) is 0 Å². The van der Waals surface area contributed by atoms with Crippen LogP contribution in [0.15, 0.2) is 24.3 Å². The Morgan fingerprint density at radius 3 is 2.30 bits per heavy atom. The Hall–Kier alpha value is -1.75. The lowest BCUT2D eigenvalue weighted by molar-refractivity contribution is -0.132. The van der Waals surface area contributed by atoms with Gasteiger partial charge in [-0.15, -0.1) is 0 Å². The minimum absolute atomic E-state index is 0.235. The first kappa shape index (κ1) is 17.6. The minimum Gasteiger partial charge on any atom is -0.497 e. The summed E-state index contributed by atoms with van der Waals surface area (Å²) in [6.45, 7) is 3.58. The summed E-state index contributed by atoms with van der Waals surface area (Å²) in [5.74, 6) is 1.87. The maximum absolute atomic E-state index is 12.3. The SMILES string of the molecule is COc1ccc(OCCN(C)CC(=O)N2CCCCCC2)cc1. The summed E-state index contributed by atoms with van der Waals surface area (Å²) in [5, 5.41) is 0. The molecule has 1 aliphatic heterocycles. The number of likely N-dealkylation sites (tertiary alicyclic amines) is 1. The fraction of sp³-hybridized carbons (Fsp3) is 0.611. The lowest BCUT2D eigenvalue weighted by Crippen LogP contribution is -2.40. The number of hydrogen-bond acceptors (Lipinski definition) is 4. The van der Waals surface area contributed by atoms with E-state index in [1.165, 1.54) is 12.8 Å². The van der Waals surface area contributed by atoms with E-state index in [0.29, 0.717) is 13.2 Å². The van der Waals surface area contributed by atoms with Gasteiger partial charge in [0.15, 0.2) is 0 Å². The lowest BCUT2D eigenvalue weighted by atomic mass is 10.2. The number of likely N-dealkylation sites (N-methyl/N-ethyl adjacent to an activating group) is 1. The van der Waals surface area contributed by atoms with Crippen LogP contribution in [-0.2, 0) is 4.79 Å². The molecule has 1 amide bonds. The van der Waals surface area contributed by atoms with Crippen molar-refractivity contribution in [3.63, 3.8) is 0 Å². The third-order valence-electron chi connectivity index (χ3n) is 4.17. The summed E-state index contributed by atoms with van der Waals surface area (Å²) in [7, 11) is 3.61. The van der Waals surface area contributed by atoms with E-state index < -0.39 is 0 Å². The van der Waals surface area contributed by atoms with Crippen LogP contribution in [0.25, 0.3) is 0 Å². The van der Waals surface area contributed by atoms with E-state index in [1.54, 1.807) is 7.11 Å². The summed E-state index contributed by atoms with van der Waals surface area (Å²) in [6, 6.07) is 7.53. The van der Waals surface area contributed by atoms with Crippen LogP contribution in [0.3, 0.4) is 0 Å². The highest BCUT2D eigenvalue weighted by Crippen LogP contribution is 2.16. The Morgan fingerprint density at radius 2 is 1.70 bits per heavy atom. The Morgan fingerprint density at radius 1 is 1.09 bits per heavy atom. The predicted molar refractivity (Wildman–Crippen MR) is 91.0 cm³/mol. The second-order valence-corrected chi connectivity index (χ2v) is 6.06. The highest BCUT2D eigenvalue weighted by molar-refractivity contribution is 5.78. The van der Waals surface area contributed by atoms with Crippen molar-refractivity contribution in [2.45, 2.75) is 25.7 Å². The standard InChI is InChI=1S/C18H28N2O3/c1-19(15-18(21)20-11-5-3-4-6-12-20)13-14-23-17-9-7-16(22-2)8-10-17/h7-10H,3-6,11-15H2,1-2H3. The molecule has 128 valence electrons. The maximum Gasteiger partial charge on any atom is 0.236 e. The molecule has 1 fully saturated rings. The molecule has 5 heteroatoms. The zero-order valence-corrected chi connectivity index (χ0v) is 14.3. The quantitative estimate of drug-likeness (QED) is 0.774. The van der Waals surface area contributed by atoms with E-state index in [-0.39, 0.29) is 5.91 Å². The molecule has 5 nitrogen and oxygen atoms in total. The molecule has 0 spiro atoms. The first-order chi connectivity index (χ1) is 11.2. The van der Waals surface area contributed by atoms with Gasteiger partial charge in [-0.1, -0.05) is 12.8 Å². The molecule has 0 radical (unpaired) electrons. The largest absolute Gasteiger partial charge is 0.497 e. The third kappa shape index (κ3) is 6.10. The van der Waals surface area contributed by atoms with Crippen molar-refractivity contribution in [2.75, 3.05) is 46.9 Å². The molecule has 2 rings (SSSR count). The van der Waals surface area contributed by atoms with Crippen LogP contribution < -0.4 is 9.47 Å². The first-order valence-electron chi connectivity index (χ1n) is 8.42. The molecule has 23 heavy (non-hydrogen) atoms. The highest BCUT2D eigenvalue weighted by Gasteiger charge is 2.16. The number of nitrogens with zero attached hydrogens (tertiary/aromatic N) is 2. The average molecular weight is 320 g/mol. The van der Waals surface area contributed by atoms with Gasteiger partial charge in [-0.05, 0) is 44.2 Å². The Balaban J connectivity index is 1.67. The van der Waals surface area contributed by atoms with E-state index in [9.17, 15) is 4.79 Å². The molecule has 0 unspecified atom stereocenters. The van der Waals surface area contributed by atoms with Gasteiger partial charge < -0.3 is 14.4 Å². The monoisotopic (exact) mass is 320 g/mol. The molecule has 1 saturated heterocycles. The second kappa shape index (κ2) is 9.40. The van der Waals surface area contributed by atoms with E-state index in [1.807, 2.05) is 41.1 Å².